The van der Waals surface area contributed by atoms with Gasteiger partial charge in [-0.1, -0.05) is 22.6 Å². The van der Waals surface area contributed by atoms with Gasteiger partial charge in [0.25, 0.3) is 5.91 Å². The van der Waals surface area contributed by atoms with Crippen LogP contribution in [0.1, 0.15) is 22.1 Å². The topological polar surface area (TPSA) is 81.4 Å². The van der Waals surface area contributed by atoms with Crippen molar-refractivity contribution >= 4 is 34.5 Å². The first kappa shape index (κ1) is 13.9. The summed E-state index contributed by atoms with van der Waals surface area (Å²) < 4.78 is 9.27. The van der Waals surface area contributed by atoms with Crippen LogP contribution < -0.4 is 5.32 Å². The Labute approximate surface area is 112 Å². The lowest BCUT2D eigenvalue weighted by Gasteiger charge is -2.08. The number of halogens is 1. The molecule has 1 amide bonds. The Bertz CT molecular complexity index is 430. The smallest absolute Gasteiger partial charge is 0.320 e. The number of rotatable bonds is 4. The van der Waals surface area contributed by atoms with Crippen molar-refractivity contribution in [2.45, 2.75) is 17.8 Å². The van der Waals surface area contributed by atoms with Crippen molar-refractivity contribution in [2.75, 3.05) is 13.7 Å². The van der Waals surface area contributed by atoms with E-state index in [1.165, 1.54) is 7.11 Å². The van der Waals surface area contributed by atoms with Crippen molar-refractivity contribution in [3.63, 3.8) is 0 Å². The molecule has 17 heavy (non-hydrogen) atoms. The molecule has 1 rings (SSSR count). The summed E-state index contributed by atoms with van der Waals surface area (Å²) in [5.74, 6) is -0.146. The maximum Gasteiger partial charge on any atom is 0.320 e. The monoisotopic (exact) mass is 352 g/mol. The maximum atomic E-state index is 11.7. The molecule has 0 radical (unpaired) electrons. The number of nitrogens with one attached hydrogen (secondary N) is 1. The normalized spacial score (nSPS) is 12.0. The van der Waals surface area contributed by atoms with Gasteiger partial charge in [-0.05, 0) is 6.92 Å². The number of hydrogen-bond acceptors (Lipinski definition) is 5. The molecule has 7 heteroatoms. The van der Waals surface area contributed by atoms with Crippen LogP contribution in [0, 0.1) is 13.8 Å². The Morgan fingerprint density at radius 3 is 2.65 bits per heavy atom. The minimum Gasteiger partial charge on any atom is -0.468 e. The molecule has 1 atom stereocenters. The summed E-state index contributed by atoms with van der Waals surface area (Å²) in [5.41, 5.74) is 0.531. The summed E-state index contributed by atoms with van der Waals surface area (Å²) >= 11 is 1.90. The quantitative estimate of drug-likeness (QED) is 0.497. The molecule has 94 valence electrons. The molecule has 1 unspecified atom stereocenters. The lowest BCUT2D eigenvalue weighted by molar-refractivity contribution is -0.139. The van der Waals surface area contributed by atoms with Gasteiger partial charge >= 0.3 is 5.97 Å². The molecule has 0 saturated carbocycles. The number of alkyl halides is 1. The Kier molecular flexibility index (Phi) is 4.91. The number of amides is 1. The summed E-state index contributed by atoms with van der Waals surface area (Å²) in [4.78, 5) is 26.8. The molecule has 0 spiro atoms. The van der Waals surface area contributed by atoms with Crippen LogP contribution in [0.2, 0.25) is 0 Å². The van der Waals surface area contributed by atoms with Crippen molar-refractivity contribution in [1.29, 1.82) is 0 Å². The molecule has 1 aromatic rings. The van der Waals surface area contributed by atoms with Gasteiger partial charge in [0.2, 0.25) is 5.76 Å². The van der Waals surface area contributed by atoms with Gasteiger partial charge in [-0.2, -0.15) is 0 Å². The van der Waals surface area contributed by atoms with E-state index in [2.05, 4.69) is 15.0 Å². The van der Waals surface area contributed by atoms with E-state index < -0.39 is 3.92 Å². The fraction of sp³-hybridized carbons (Fsp3) is 0.500. The third-order valence-corrected chi connectivity index (χ3v) is 2.96. The van der Waals surface area contributed by atoms with Crippen LogP contribution in [-0.4, -0.2) is 34.4 Å². The Morgan fingerprint density at radius 1 is 1.53 bits per heavy atom. The summed E-state index contributed by atoms with van der Waals surface area (Å²) in [6.07, 6.45) is 0. The van der Waals surface area contributed by atoms with Crippen molar-refractivity contribution in [3.05, 3.63) is 17.3 Å². The van der Waals surface area contributed by atoms with E-state index in [-0.39, 0.29) is 24.2 Å². The molecule has 0 bridgehead atoms. The van der Waals surface area contributed by atoms with Gasteiger partial charge in [-0.15, -0.1) is 0 Å². The highest BCUT2D eigenvalue weighted by atomic mass is 127. The number of ether oxygens (including phenoxy) is 1. The van der Waals surface area contributed by atoms with E-state index in [4.69, 9.17) is 4.42 Å². The number of aromatic nitrogens is 1. The third kappa shape index (κ3) is 3.69. The molecule has 0 aliphatic heterocycles. The first-order valence-corrected chi connectivity index (χ1v) is 6.14. The van der Waals surface area contributed by atoms with Gasteiger partial charge in [0.15, 0.2) is 5.89 Å². The second-order valence-electron chi connectivity index (χ2n) is 3.35. The first-order valence-electron chi connectivity index (χ1n) is 4.89. The lowest BCUT2D eigenvalue weighted by Crippen LogP contribution is -2.33. The fourth-order valence-electron chi connectivity index (χ4n) is 1.22. The van der Waals surface area contributed by atoms with E-state index in [0.29, 0.717) is 11.6 Å². The number of nitrogens with zero attached hydrogens (tertiary/aromatic N) is 1. The Balaban J connectivity index is 2.56. The van der Waals surface area contributed by atoms with Crippen molar-refractivity contribution < 1.29 is 18.7 Å². The predicted molar refractivity (Wildman–Crippen MR) is 68.1 cm³/mol. The summed E-state index contributed by atoms with van der Waals surface area (Å²) in [5, 5.41) is 2.59. The van der Waals surface area contributed by atoms with Crippen LogP contribution in [0.3, 0.4) is 0 Å². The second-order valence-corrected chi connectivity index (χ2v) is 4.85. The van der Waals surface area contributed by atoms with Gasteiger partial charge < -0.3 is 14.5 Å². The van der Waals surface area contributed by atoms with Crippen LogP contribution in [0.15, 0.2) is 4.42 Å². The van der Waals surface area contributed by atoms with Crippen molar-refractivity contribution in [3.8, 4) is 0 Å². The number of oxazole rings is 1. The number of carbonyl (C=O) groups excluding carboxylic acids is 2. The standard InChI is InChI=1S/C10H13IN2O4/c1-5-8(17-6(2)13-5)9(14)12-4-7(11)10(15)16-3/h7H,4H2,1-3H3,(H,12,14). The van der Waals surface area contributed by atoms with Gasteiger partial charge in [0.05, 0.1) is 12.8 Å². The molecule has 0 aromatic carbocycles. The van der Waals surface area contributed by atoms with Gasteiger partial charge in [-0.3, -0.25) is 9.59 Å². The molecule has 0 saturated heterocycles. The van der Waals surface area contributed by atoms with Crippen LogP contribution in [0.4, 0.5) is 0 Å². The zero-order valence-electron chi connectivity index (χ0n) is 9.74. The number of esters is 1. The molecule has 6 nitrogen and oxygen atoms in total. The molecule has 1 aromatic heterocycles. The molecule has 0 aliphatic rings. The van der Waals surface area contributed by atoms with Gasteiger partial charge in [0.1, 0.15) is 3.92 Å². The summed E-state index contributed by atoms with van der Waals surface area (Å²) in [7, 11) is 1.31. The van der Waals surface area contributed by atoms with Crippen LogP contribution in [0.5, 0.6) is 0 Å². The van der Waals surface area contributed by atoms with E-state index in [9.17, 15) is 9.59 Å². The van der Waals surface area contributed by atoms with Crippen LogP contribution in [0.25, 0.3) is 0 Å². The Hall–Kier alpha value is -1.12. The highest BCUT2D eigenvalue weighted by molar-refractivity contribution is 14.1. The lowest BCUT2D eigenvalue weighted by atomic mass is 10.3. The number of carbonyl (C=O) groups is 2. The molecule has 1 heterocycles. The van der Waals surface area contributed by atoms with Crippen LogP contribution in [-0.2, 0) is 9.53 Å². The summed E-state index contributed by atoms with van der Waals surface area (Å²) in [6.45, 7) is 3.54. The van der Waals surface area contributed by atoms with Gasteiger partial charge in [-0.25, -0.2) is 4.98 Å². The highest BCUT2D eigenvalue weighted by Gasteiger charge is 2.19. The first-order chi connectivity index (χ1) is 7.95. The van der Waals surface area contributed by atoms with Crippen molar-refractivity contribution in [2.24, 2.45) is 0 Å². The highest BCUT2D eigenvalue weighted by Crippen LogP contribution is 2.09. The average Bonchev–Trinajstić information content (AvgIpc) is 2.63. The largest absolute Gasteiger partial charge is 0.468 e. The number of hydrogen-bond donors (Lipinski definition) is 1. The SMILES string of the molecule is COC(=O)C(I)CNC(=O)c1oc(C)nc1C. The van der Waals surface area contributed by atoms with E-state index in [0.717, 1.165) is 0 Å². The minimum atomic E-state index is -0.425. The number of methoxy groups -OCH3 is 1. The molecular weight excluding hydrogens is 339 g/mol. The molecular formula is C10H13IN2O4. The molecule has 0 aliphatic carbocycles. The third-order valence-electron chi connectivity index (χ3n) is 2.01. The zero-order chi connectivity index (χ0) is 13.0. The van der Waals surface area contributed by atoms with E-state index >= 15 is 0 Å². The fourth-order valence-corrected chi connectivity index (χ4v) is 1.69. The minimum absolute atomic E-state index is 0.177. The Morgan fingerprint density at radius 2 is 2.18 bits per heavy atom. The number of aryl methyl sites for hydroxylation is 2. The van der Waals surface area contributed by atoms with E-state index in [1.54, 1.807) is 13.8 Å². The average molecular weight is 352 g/mol. The zero-order valence-corrected chi connectivity index (χ0v) is 11.9. The second kappa shape index (κ2) is 5.99. The van der Waals surface area contributed by atoms with E-state index in [1.807, 2.05) is 22.6 Å². The predicted octanol–water partition coefficient (Wildman–Crippen LogP) is 0.998. The molecule has 0 fully saturated rings. The van der Waals surface area contributed by atoms with Crippen LogP contribution >= 0.6 is 22.6 Å². The summed E-state index contributed by atoms with van der Waals surface area (Å²) in [6, 6.07) is 0. The molecule has 1 N–H and O–H groups in total. The maximum absolute atomic E-state index is 11.7. The van der Waals surface area contributed by atoms with Gasteiger partial charge in [0, 0.05) is 13.5 Å². The van der Waals surface area contributed by atoms with Crippen molar-refractivity contribution in [1.82, 2.24) is 10.3 Å².